The molecule has 1 aliphatic rings. The number of hydrogen-bond acceptors (Lipinski definition) is 4. The Morgan fingerprint density at radius 2 is 2.16 bits per heavy atom. The number of piperazine rings is 1. The number of carbonyl (C=O) groups is 1. The van der Waals surface area contributed by atoms with Gasteiger partial charge in [-0.25, -0.2) is 0 Å². The van der Waals surface area contributed by atoms with Gasteiger partial charge in [0.1, 0.15) is 0 Å². The second-order valence-electron chi connectivity index (χ2n) is 5.17. The van der Waals surface area contributed by atoms with E-state index in [0.29, 0.717) is 6.54 Å². The van der Waals surface area contributed by atoms with Crippen LogP contribution in [0.5, 0.6) is 0 Å². The van der Waals surface area contributed by atoms with Crippen molar-refractivity contribution < 1.29 is 4.79 Å². The Morgan fingerprint density at radius 3 is 2.84 bits per heavy atom. The van der Waals surface area contributed by atoms with Crippen LogP contribution in [0.15, 0.2) is 18.5 Å². The normalized spacial score (nSPS) is 15.8. The molecule has 19 heavy (non-hydrogen) atoms. The van der Waals surface area contributed by atoms with Crippen molar-refractivity contribution in [2.75, 3.05) is 39.8 Å². The summed E-state index contributed by atoms with van der Waals surface area (Å²) < 4.78 is 0. The first-order valence-electron chi connectivity index (χ1n) is 6.73. The van der Waals surface area contributed by atoms with Crippen molar-refractivity contribution >= 4 is 5.91 Å². The average molecular weight is 262 g/mol. The van der Waals surface area contributed by atoms with E-state index in [1.54, 1.807) is 0 Å². The van der Waals surface area contributed by atoms with Gasteiger partial charge in [-0.2, -0.15) is 0 Å². The minimum atomic E-state index is 0.213. The van der Waals surface area contributed by atoms with Crippen LogP contribution < -0.4 is 5.32 Å². The van der Waals surface area contributed by atoms with Gasteiger partial charge in [-0.3, -0.25) is 14.7 Å². The van der Waals surface area contributed by atoms with Gasteiger partial charge in [0.15, 0.2) is 0 Å². The largest absolute Gasteiger partial charge is 0.339 e. The van der Waals surface area contributed by atoms with E-state index in [9.17, 15) is 4.79 Å². The lowest BCUT2D eigenvalue weighted by molar-refractivity contribution is -0.132. The molecule has 1 fully saturated rings. The maximum atomic E-state index is 12.1. The predicted octanol–water partition coefficient (Wildman–Crippen LogP) is 0.254. The number of rotatable bonds is 4. The number of carbonyl (C=O) groups excluding carboxylic acids is 1. The maximum Gasteiger partial charge on any atom is 0.236 e. The highest BCUT2D eigenvalue weighted by Gasteiger charge is 2.17. The molecule has 0 radical (unpaired) electrons. The molecule has 0 atom stereocenters. The molecule has 2 heterocycles. The summed E-state index contributed by atoms with van der Waals surface area (Å²) >= 11 is 0. The number of likely N-dealkylation sites (N-methyl/N-ethyl adjacent to an activating group) is 1. The standard InChI is InChI=1S/C14H22N4O/c1-12-7-13(9-16-8-12)10-17(2)11-14(19)18-5-3-15-4-6-18/h7-9,15H,3-6,10-11H2,1-2H3. The molecule has 1 aliphatic heterocycles. The summed E-state index contributed by atoms with van der Waals surface area (Å²) in [6.45, 7) is 6.69. The smallest absolute Gasteiger partial charge is 0.236 e. The summed E-state index contributed by atoms with van der Waals surface area (Å²) in [4.78, 5) is 20.3. The van der Waals surface area contributed by atoms with Crippen molar-refractivity contribution in [1.29, 1.82) is 0 Å². The second-order valence-corrected chi connectivity index (χ2v) is 5.17. The highest BCUT2D eigenvalue weighted by atomic mass is 16.2. The van der Waals surface area contributed by atoms with Crippen LogP contribution in [-0.4, -0.2) is 60.5 Å². The van der Waals surface area contributed by atoms with E-state index in [-0.39, 0.29) is 5.91 Å². The number of amides is 1. The van der Waals surface area contributed by atoms with Gasteiger partial charge >= 0.3 is 0 Å². The lowest BCUT2D eigenvalue weighted by Gasteiger charge is -2.29. The molecule has 1 aromatic rings. The lowest BCUT2D eigenvalue weighted by Crippen LogP contribution is -2.49. The van der Waals surface area contributed by atoms with Gasteiger partial charge in [-0.15, -0.1) is 0 Å². The maximum absolute atomic E-state index is 12.1. The zero-order valence-electron chi connectivity index (χ0n) is 11.7. The van der Waals surface area contributed by atoms with Crippen molar-refractivity contribution in [1.82, 2.24) is 20.1 Å². The second kappa shape index (κ2) is 6.63. The van der Waals surface area contributed by atoms with Crippen LogP contribution in [0.4, 0.5) is 0 Å². The van der Waals surface area contributed by atoms with Crippen molar-refractivity contribution in [2.24, 2.45) is 0 Å². The molecule has 0 unspecified atom stereocenters. The van der Waals surface area contributed by atoms with Crippen LogP contribution in [0.3, 0.4) is 0 Å². The van der Waals surface area contributed by atoms with Crippen LogP contribution >= 0.6 is 0 Å². The van der Waals surface area contributed by atoms with Crippen molar-refractivity contribution in [3.63, 3.8) is 0 Å². The first-order valence-corrected chi connectivity index (χ1v) is 6.73. The highest BCUT2D eigenvalue weighted by molar-refractivity contribution is 5.78. The molecule has 0 saturated carbocycles. The Labute approximate surface area is 114 Å². The quantitative estimate of drug-likeness (QED) is 0.845. The van der Waals surface area contributed by atoms with Gasteiger partial charge in [0.2, 0.25) is 5.91 Å². The summed E-state index contributed by atoms with van der Waals surface area (Å²) in [6.07, 6.45) is 3.70. The highest BCUT2D eigenvalue weighted by Crippen LogP contribution is 2.05. The molecule has 104 valence electrons. The van der Waals surface area contributed by atoms with E-state index in [2.05, 4.69) is 16.4 Å². The van der Waals surface area contributed by atoms with Gasteiger partial charge in [0.05, 0.1) is 6.54 Å². The van der Waals surface area contributed by atoms with Crippen LogP contribution in [0.2, 0.25) is 0 Å². The average Bonchev–Trinajstić information content (AvgIpc) is 2.39. The predicted molar refractivity (Wildman–Crippen MR) is 74.8 cm³/mol. The molecule has 2 rings (SSSR count). The summed E-state index contributed by atoms with van der Waals surface area (Å²) in [6, 6.07) is 2.11. The fourth-order valence-corrected chi connectivity index (χ4v) is 2.32. The third-order valence-electron chi connectivity index (χ3n) is 3.26. The fraction of sp³-hybridized carbons (Fsp3) is 0.571. The molecule has 1 aromatic heterocycles. The van der Waals surface area contributed by atoms with Crippen LogP contribution in [0.1, 0.15) is 11.1 Å². The van der Waals surface area contributed by atoms with E-state index < -0.39 is 0 Å². The molecule has 0 aliphatic carbocycles. The van der Waals surface area contributed by atoms with Gasteiger partial charge in [0, 0.05) is 45.1 Å². The molecule has 1 amide bonds. The third kappa shape index (κ3) is 4.29. The molecule has 0 spiro atoms. The number of nitrogens with one attached hydrogen (secondary N) is 1. The molecule has 0 aromatic carbocycles. The summed E-state index contributed by atoms with van der Waals surface area (Å²) in [5, 5.41) is 3.25. The van der Waals surface area contributed by atoms with Crippen molar-refractivity contribution in [3.8, 4) is 0 Å². The van der Waals surface area contributed by atoms with Crippen LogP contribution in [-0.2, 0) is 11.3 Å². The minimum Gasteiger partial charge on any atom is -0.339 e. The van der Waals surface area contributed by atoms with Crippen LogP contribution in [0, 0.1) is 6.92 Å². The molecule has 1 N–H and O–H groups in total. The molecule has 5 nitrogen and oxygen atoms in total. The zero-order chi connectivity index (χ0) is 13.7. The molecule has 1 saturated heterocycles. The Balaban J connectivity index is 1.83. The number of aryl methyl sites for hydroxylation is 1. The van der Waals surface area contributed by atoms with E-state index in [0.717, 1.165) is 43.9 Å². The monoisotopic (exact) mass is 262 g/mol. The van der Waals surface area contributed by atoms with E-state index in [1.165, 1.54) is 0 Å². The van der Waals surface area contributed by atoms with E-state index in [1.807, 2.05) is 36.2 Å². The third-order valence-corrected chi connectivity index (χ3v) is 3.26. The molecule has 5 heteroatoms. The Bertz CT molecular complexity index is 429. The van der Waals surface area contributed by atoms with Gasteiger partial charge in [0.25, 0.3) is 0 Å². The summed E-state index contributed by atoms with van der Waals surface area (Å²) in [5.41, 5.74) is 2.30. The topological polar surface area (TPSA) is 48.5 Å². The Morgan fingerprint density at radius 1 is 1.42 bits per heavy atom. The van der Waals surface area contributed by atoms with Gasteiger partial charge in [-0.05, 0) is 25.1 Å². The minimum absolute atomic E-state index is 0.213. The Kier molecular flexibility index (Phi) is 4.87. The van der Waals surface area contributed by atoms with Crippen LogP contribution in [0.25, 0.3) is 0 Å². The van der Waals surface area contributed by atoms with E-state index >= 15 is 0 Å². The molecular formula is C14H22N4O. The lowest BCUT2D eigenvalue weighted by atomic mass is 10.2. The number of nitrogens with zero attached hydrogens (tertiary/aromatic N) is 3. The number of hydrogen-bond donors (Lipinski definition) is 1. The van der Waals surface area contributed by atoms with Crippen molar-refractivity contribution in [2.45, 2.75) is 13.5 Å². The first kappa shape index (κ1) is 14.0. The first-order chi connectivity index (χ1) is 9.15. The zero-order valence-corrected chi connectivity index (χ0v) is 11.7. The number of pyridine rings is 1. The SMILES string of the molecule is Cc1cncc(CN(C)CC(=O)N2CCNCC2)c1. The summed E-state index contributed by atoms with van der Waals surface area (Å²) in [5.74, 6) is 0.213. The number of aromatic nitrogens is 1. The Hall–Kier alpha value is -1.46. The van der Waals surface area contributed by atoms with Gasteiger partial charge < -0.3 is 10.2 Å². The fourth-order valence-electron chi connectivity index (χ4n) is 2.32. The summed E-state index contributed by atoms with van der Waals surface area (Å²) in [7, 11) is 1.97. The van der Waals surface area contributed by atoms with E-state index in [4.69, 9.17) is 0 Å². The van der Waals surface area contributed by atoms with Gasteiger partial charge in [-0.1, -0.05) is 6.07 Å². The molecule has 0 bridgehead atoms. The molecular weight excluding hydrogens is 240 g/mol. The van der Waals surface area contributed by atoms with Crippen molar-refractivity contribution in [3.05, 3.63) is 29.6 Å².